The van der Waals surface area contributed by atoms with Crippen LogP contribution in [-0.2, 0) is 4.79 Å². The number of benzene rings is 2. The van der Waals surface area contributed by atoms with Crippen molar-refractivity contribution in [2.75, 3.05) is 11.9 Å². The fourth-order valence-electron chi connectivity index (χ4n) is 3.23. The molecular formula is C22H17BrN4O4. The molecule has 0 radical (unpaired) electrons. The molecule has 0 fully saturated rings. The fourth-order valence-corrected chi connectivity index (χ4v) is 3.59. The molecule has 2 heterocycles. The Balaban J connectivity index is 1.44. The summed E-state index contributed by atoms with van der Waals surface area (Å²) >= 11 is 3.28. The molecule has 3 amide bonds. The molecule has 0 spiro atoms. The summed E-state index contributed by atoms with van der Waals surface area (Å²) in [6.07, 6.45) is 0. The van der Waals surface area contributed by atoms with E-state index in [-0.39, 0.29) is 17.1 Å². The lowest BCUT2D eigenvalue weighted by Crippen LogP contribution is -2.37. The Morgan fingerprint density at radius 3 is 2.45 bits per heavy atom. The summed E-state index contributed by atoms with van der Waals surface area (Å²) in [5.41, 5.74) is 2.56. The van der Waals surface area contributed by atoms with Gasteiger partial charge in [-0.15, -0.1) is 0 Å². The summed E-state index contributed by atoms with van der Waals surface area (Å²) in [6, 6.07) is 13.5. The van der Waals surface area contributed by atoms with Crippen molar-refractivity contribution < 1.29 is 19.1 Å². The van der Waals surface area contributed by atoms with Crippen molar-refractivity contribution in [3.8, 4) is 11.8 Å². The number of imide groups is 1. The number of nitrogens with zero attached hydrogens (tertiary/aromatic N) is 3. The number of nitrogens with one attached hydrogen (secondary N) is 1. The van der Waals surface area contributed by atoms with Gasteiger partial charge in [-0.25, -0.2) is 9.97 Å². The van der Waals surface area contributed by atoms with Gasteiger partial charge in [0.25, 0.3) is 11.8 Å². The number of halogens is 1. The van der Waals surface area contributed by atoms with E-state index in [9.17, 15) is 14.4 Å². The first-order valence-electron chi connectivity index (χ1n) is 9.36. The van der Waals surface area contributed by atoms with Crippen LogP contribution in [0.5, 0.6) is 11.8 Å². The molecule has 1 aromatic heterocycles. The molecule has 0 unspecified atom stereocenters. The van der Waals surface area contributed by atoms with Crippen molar-refractivity contribution in [3.63, 3.8) is 0 Å². The van der Waals surface area contributed by atoms with Crippen molar-refractivity contribution in [1.29, 1.82) is 0 Å². The molecule has 0 aliphatic carbocycles. The zero-order chi connectivity index (χ0) is 22.1. The predicted molar refractivity (Wildman–Crippen MR) is 116 cm³/mol. The van der Waals surface area contributed by atoms with Gasteiger partial charge < -0.3 is 10.1 Å². The van der Waals surface area contributed by atoms with Crippen LogP contribution in [0.1, 0.15) is 32.1 Å². The summed E-state index contributed by atoms with van der Waals surface area (Å²) in [4.78, 5) is 46.9. The van der Waals surface area contributed by atoms with Crippen molar-refractivity contribution in [2.24, 2.45) is 0 Å². The molecule has 31 heavy (non-hydrogen) atoms. The molecule has 8 nitrogen and oxygen atoms in total. The SMILES string of the molecule is Cc1cc(C)nc(Oc2cccc(NC(=O)CN3C(=O)c4ccc(Br)cc4C3=O)c2)n1. The van der Waals surface area contributed by atoms with Crippen LogP contribution in [-0.4, -0.2) is 39.1 Å². The molecule has 4 rings (SSSR count). The van der Waals surface area contributed by atoms with Crippen molar-refractivity contribution in [2.45, 2.75) is 13.8 Å². The molecule has 3 aromatic rings. The van der Waals surface area contributed by atoms with Gasteiger partial charge in [0.15, 0.2) is 0 Å². The molecule has 1 aliphatic heterocycles. The average Bonchev–Trinajstić information content (AvgIpc) is 2.92. The number of aromatic nitrogens is 2. The molecule has 9 heteroatoms. The summed E-state index contributed by atoms with van der Waals surface area (Å²) in [5, 5.41) is 2.68. The minimum atomic E-state index is -0.506. The van der Waals surface area contributed by atoms with E-state index in [1.807, 2.05) is 19.9 Å². The maximum absolute atomic E-state index is 12.5. The third-order valence-electron chi connectivity index (χ3n) is 4.52. The van der Waals surface area contributed by atoms with Crippen molar-refractivity contribution in [3.05, 3.63) is 75.5 Å². The number of amides is 3. The van der Waals surface area contributed by atoms with Crippen molar-refractivity contribution >= 4 is 39.3 Å². The predicted octanol–water partition coefficient (Wildman–Crippen LogP) is 3.88. The standard InChI is InChI=1S/C22H17BrN4O4/c1-12-8-13(2)25-22(24-12)31-16-5-3-4-15(10-16)26-19(28)11-27-20(29)17-7-6-14(23)9-18(17)21(27)30/h3-10H,11H2,1-2H3,(H,26,28). The van der Waals surface area contributed by atoms with E-state index in [1.165, 1.54) is 0 Å². The van der Waals surface area contributed by atoms with Gasteiger partial charge in [-0.1, -0.05) is 22.0 Å². The second kappa shape index (κ2) is 8.27. The smallest absolute Gasteiger partial charge is 0.322 e. The van der Waals surface area contributed by atoms with Crippen LogP contribution < -0.4 is 10.1 Å². The van der Waals surface area contributed by atoms with Gasteiger partial charge >= 0.3 is 6.01 Å². The average molecular weight is 481 g/mol. The van der Waals surface area contributed by atoms with E-state index in [2.05, 4.69) is 31.2 Å². The minimum absolute atomic E-state index is 0.207. The van der Waals surface area contributed by atoms with E-state index in [0.29, 0.717) is 15.9 Å². The fraction of sp³-hybridized carbons (Fsp3) is 0.136. The number of rotatable bonds is 5. The van der Waals surface area contributed by atoms with Crippen LogP contribution in [0.15, 0.2) is 53.0 Å². The Hall–Kier alpha value is -3.59. The van der Waals surface area contributed by atoms with Crippen LogP contribution in [0, 0.1) is 13.8 Å². The Bertz CT molecular complexity index is 1210. The highest BCUT2D eigenvalue weighted by atomic mass is 79.9. The number of hydrogen-bond donors (Lipinski definition) is 1. The summed E-state index contributed by atoms with van der Waals surface area (Å²) in [5.74, 6) is -1.06. The highest BCUT2D eigenvalue weighted by molar-refractivity contribution is 9.10. The first kappa shape index (κ1) is 20.7. The number of aryl methyl sites for hydroxylation is 2. The largest absolute Gasteiger partial charge is 0.424 e. The number of carbonyl (C=O) groups excluding carboxylic acids is 3. The minimum Gasteiger partial charge on any atom is -0.424 e. The molecule has 0 saturated carbocycles. The van der Waals surface area contributed by atoms with E-state index in [4.69, 9.17) is 4.74 Å². The second-order valence-corrected chi connectivity index (χ2v) is 7.91. The molecule has 1 aliphatic rings. The third-order valence-corrected chi connectivity index (χ3v) is 5.02. The number of hydrogen-bond acceptors (Lipinski definition) is 6. The first-order valence-corrected chi connectivity index (χ1v) is 10.2. The molecule has 0 bridgehead atoms. The topological polar surface area (TPSA) is 101 Å². The quantitative estimate of drug-likeness (QED) is 0.555. The van der Waals surface area contributed by atoms with Crippen molar-refractivity contribution in [1.82, 2.24) is 14.9 Å². The van der Waals surface area contributed by atoms with E-state index in [1.54, 1.807) is 42.5 Å². The van der Waals surface area contributed by atoms with Crippen LogP contribution >= 0.6 is 15.9 Å². The lowest BCUT2D eigenvalue weighted by Gasteiger charge is -2.14. The number of ether oxygens (including phenoxy) is 1. The molecule has 156 valence electrons. The maximum Gasteiger partial charge on any atom is 0.322 e. The zero-order valence-corrected chi connectivity index (χ0v) is 18.3. The van der Waals surface area contributed by atoms with Gasteiger partial charge in [0.05, 0.1) is 11.1 Å². The van der Waals surface area contributed by atoms with Gasteiger partial charge in [-0.05, 0) is 50.2 Å². The van der Waals surface area contributed by atoms with Crippen LogP contribution in [0.3, 0.4) is 0 Å². The molecule has 2 aromatic carbocycles. The highest BCUT2D eigenvalue weighted by Gasteiger charge is 2.36. The lowest BCUT2D eigenvalue weighted by molar-refractivity contribution is -0.116. The van der Waals surface area contributed by atoms with Gasteiger partial charge in [-0.3, -0.25) is 19.3 Å². The second-order valence-electron chi connectivity index (χ2n) is 7.00. The Kier molecular flexibility index (Phi) is 5.51. The first-order chi connectivity index (χ1) is 14.8. The van der Waals surface area contributed by atoms with Gasteiger partial charge in [0.2, 0.25) is 5.91 Å². The van der Waals surface area contributed by atoms with E-state index >= 15 is 0 Å². The number of carbonyl (C=O) groups is 3. The highest BCUT2D eigenvalue weighted by Crippen LogP contribution is 2.26. The third kappa shape index (κ3) is 4.46. The Morgan fingerprint density at radius 1 is 1.00 bits per heavy atom. The van der Waals surface area contributed by atoms with E-state index in [0.717, 1.165) is 16.3 Å². The zero-order valence-electron chi connectivity index (χ0n) is 16.7. The van der Waals surface area contributed by atoms with Gasteiger partial charge in [-0.2, -0.15) is 0 Å². The van der Waals surface area contributed by atoms with E-state index < -0.39 is 24.3 Å². The van der Waals surface area contributed by atoms with Crippen LogP contribution in [0.2, 0.25) is 0 Å². The van der Waals surface area contributed by atoms with Gasteiger partial charge in [0.1, 0.15) is 12.3 Å². The molecular weight excluding hydrogens is 464 g/mol. The molecule has 1 N–H and O–H groups in total. The number of anilines is 1. The summed E-state index contributed by atoms with van der Waals surface area (Å²) in [6.45, 7) is 3.29. The number of fused-ring (bicyclic) bond motifs is 1. The molecule has 0 saturated heterocycles. The summed E-state index contributed by atoms with van der Waals surface area (Å²) < 4.78 is 6.37. The summed E-state index contributed by atoms with van der Waals surface area (Å²) in [7, 11) is 0. The Morgan fingerprint density at radius 2 is 1.71 bits per heavy atom. The monoisotopic (exact) mass is 480 g/mol. The normalized spacial score (nSPS) is 12.7. The van der Waals surface area contributed by atoms with Crippen LogP contribution in [0.4, 0.5) is 5.69 Å². The van der Waals surface area contributed by atoms with Gasteiger partial charge in [0, 0.05) is 27.6 Å². The lowest BCUT2D eigenvalue weighted by atomic mass is 10.1. The Labute approximate surface area is 186 Å². The maximum atomic E-state index is 12.5. The molecule has 0 atom stereocenters. The van der Waals surface area contributed by atoms with Crippen LogP contribution in [0.25, 0.3) is 0 Å².